The van der Waals surface area contributed by atoms with Crippen molar-refractivity contribution >= 4 is 11.9 Å². The van der Waals surface area contributed by atoms with Gasteiger partial charge in [-0.2, -0.15) is 0 Å². The van der Waals surface area contributed by atoms with E-state index in [2.05, 4.69) is 13.8 Å². The van der Waals surface area contributed by atoms with E-state index in [1.54, 1.807) is 0 Å². The second kappa shape index (κ2) is 7.20. The van der Waals surface area contributed by atoms with Crippen LogP contribution < -0.4 is 0 Å². The Bertz CT molecular complexity index is 572. The number of carboxylic acids is 1. The van der Waals surface area contributed by atoms with Crippen LogP contribution in [0.5, 0.6) is 0 Å². The summed E-state index contributed by atoms with van der Waals surface area (Å²) < 4.78 is 5.51. The highest BCUT2D eigenvalue weighted by atomic mass is 16.4. The Hall–Kier alpha value is -1.78. The number of hydrogen-bond donors (Lipinski definition) is 1. The van der Waals surface area contributed by atoms with Crippen LogP contribution in [-0.2, 0) is 6.42 Å². The van der Waals surface area contributed by atoms with E-state index >= 15 is 0 Å². The first-order valence-electron chi connectivity index (χ1n) is 8.61. The highest BCUT2D eigenvalue weighted by molar-refractivity contribution is 5.96. The van der Waals surface area contributed by atoms with Crippen molar-refractivity contribution < 1.29 is 19.1 Å². The van der Waals surface area contributed by atoms with Gasteiger partial charge in [-0.3, -0.25) is 4.79 Å². The van der Waals surface area contributed by atoms with Gasteiger partial charge in [0.25, 0.3) is 5.91 Å². The number of carboxylic acid groups (broad SMARTS) is 1. The maximum atomic E-state index is 12.7. The maximum Gasteiger partial charge on any atom is 0.339 e. The monoisotopic (exact) mass is 321 g/mol. The summed E-state index contributed by atoms with van der Waals surface area (Å²) in [4.78, 5) is 25.7. The molecule has 2 rings (SSSR count). The van der Waals surface area contributed by atoms with E-state index in [-0.39, 0.29) is 17.2 Å². The minimum atomic E-state index is -1.04. The van der Waals surface area contributed by atoms with E-state index in [1.165, 1.54) is 6.07 Å². The third-order valence-corrected chi connectivity index (χ3v) is 5.41. The summed E-state index contributed by atoms with van der Waals surface area (Å²) in [6.07, 6.45) is 5.86. The normalized spacial score (nSPS) is 17.8. The molecule has 1 aliphatic rings. The molecule has 0 aliphatic carbocycles. The summed E-state index contributed by atoms with van der Waals surface area (Å²) in [5.41, 5.74) is 0.432. The summed E-state index contributed by atoms with van der Waals surface area (Å²) in [6, 6.07) is 1.38. The molecule has 2 heterocycles. The number of carbonyl (C=O) groups is 2. The molecule has 5 nitrogen and oxygen atoms in total. The number of amides is 1. The smallest absolute Gasteiger partial charge is 0.339 e. The molecular weight excluding hydrogens is 294 g/mol. The van der Waals surface area contributed by atoms with Crippen LogP contribution in [0.15, 0.2) is 10.5 Å². The third kappa shape index (κ3) is 3.59. The number of aromatic carboxylic acids is 1. The summed E-state index contributed by atoms with van der Waals surface area (Å²) >= 11 is 0. The maximum absolute atomic E-state index is 12.7. The molecule has 5 heteroatoms. The van der Waals surface area contributed by atoms with Crippen LogP contribution in [0.4, 0.5) is 0 Å². The molecule has 1 N–H and O–H groups in total. The third-order valence-electron chi connectivity index (χ3n) is 5.41. The SMILES string of the molecule is CCc1oc(C(=O)N2CCCC(CC)(CC)CC2)cc1C(=O)O. The van der Waals surface area contributed by atoms with Gasteiger partial charge in [0.2, 0.25) is 0 Å². The van der Waals surface area contributed by atoms with Crippen molar-refractivity contribution in [1.82, 2.24) is 4.90 Å². The lowest BCUT2D eigenvalue weighted by molar-refractivity contribution is 0.0690. The Morgan fingerprint density at radius 1 is 1.22 bits per heavy atom. The van der Waals surface area contributed by atoms with E-state index in [4.69, 9.17) is 4.42 Å². The minimum Gasteiger partial charge on any atom is -0.478 e. The second-order valence-corrected chi connectivity index (χ2v) is 6.46. The first kappa shape index (κ1) is 17.6. The first-order chi connectivity index (χ1) is 11.0. The summed E-state index contributed by atoms with van der Waals surface area (Å²) in [7, 11) is 0. The van der Waals surface area contributed by atoms with Crippen LogP contribution in [0.2, 0.25) is 0 Å². The van der Waals surface area contributed by atoms with Crippen molar-refractivity contribution in [1.29, 1.82) is 0 Å². The van der Waals surface area contributed by atoms with Crippen LogP contribution in [0, 0.1) is 5.41 Å². The van der Waals surface area contributed by atoms with E-state index < -0.39 is 5.97 Å². The zero-order valence-electron chi connectivity index (χ0n) is 14.4. The Morgan fingerprint density at radius 3 is 2.43 bits per heavy atom. The molecule has 0 saturated carbocycles. The Morgan fingerprint density at radius 2 is 1.91 bits per heavy atom. The zero-order chi connectivity index (χ0) is 17.0. The molecule has 0 spiro atoms. The van der Waals surface area contributed by atoms with Crippen molar-refractivity contribution in [2.24, 2.45) is 5.41 Å². The van der Waals surface area contributed by atoms with E-state index in [1.807, 2.05) is 11.8 Å². The minimum absolute atomic E-state index is 0.0992. The quantitative estimate of drug-likeness (QED) is 0.890. The van der Waals surface area contributed by atoms with Gasteiger partial charge >= 0.3 is 5.97 Å². The molecule has 23 heavy (non-hydrogen) atoms. The fourth-order valence-corrected chi connectivity index (χ4v) is 3.55. The van der Waals surface area contributed by atoms with Crippen molar-refractivity contribution in [3.63, 3.8) is 0 Å². The number of furan rings is 1. The number of rotatable bonds is 5. The largest absolute Gasteiger partial charge is 0.478 e. The van der Waals surface area contributed by atoms with Crippen molar-refractivity contribution in [3.8, 4) is 0 Å². The molecule has 128 valence electrons. The number of aryl methyl sites for hydroxylation is 1. The molecule has 1 aliphatic heterocycles. The predicted octanol–water partition coefficient (Wildman–Crippen LogP) is 3.97. The van der Waals surface area contributed by atoms with Crippen molar-refractivity contribution in [3.05, 3.63) is 23.2 Å². The molecule has 1 amide bonds. The molecular formula is C18H27NO4. The van der Waals surface area contributed by atoms with Gasteiger partial charge in [0.1, 0.15) is 11.3 Å². The van der Waals surface area contributed by atoms with Gasteiger partial charge in [0.15, 0.2) is 5.76 Å². The second-order valence-electron chi connectivity index (χ2n) is 6.46. The number of hydrogen-bond acceptors (Lipinski definition) is 3. The Labute approximate surface area is 137 Å². The fraction of sp³-hybridized carbons (Fsp3) is 0.667. The van der Waals surface area contributed by atoms with Gasteiger partial charge in [-0.25, -0.2) is 4.79 Å². The number of carbonyl (C=O) groups excluding carboxylic acids is 1. The van der Waals surface area contributed by atoms with Gasteiger partial charge < -0.3 is 14.4 Å². The lowest BCUT2D eigenvalue weighted by atomic mass is 9.76. The summed E-state index contributed by atoms with van der Waals surface area (Å²) in [6.45, 7) is 7.69. The van der Waals surface area contributed by atoms with Crippen molar-refractivity contribution in [2.75, 3.05) is 13.1 Å². The molecule has 0 aromatic carbocycles. The highest BCUT2D eigenvalue weighted by Gasteiger charge is 2.32. The Kier molecular flexibility index (Phi) is 5.50. The van der Waals surface area contributed by atoms with E-state index in [9.17, 15) is 14.7 Å². The van der Waals surface area contributed by atoms with Crippen molar-refractivity contribution in [2.45, 2.75) is 59.3 Å². The zero-order valence-corrected chi connectivity index (χ0v) is 14.4. The van der Waals surface area contributed by atoms with Gasteiger partial charge in [0.05, 0.1) is 0 Å². The predicted molar refractivity (Wildman–Crippen MR) is 87.8 cm³/mol. The standard InChI is InChI=1S/C18H27NO4/c1-4-14-13(17(21)22)12-15(23-14)16(20)19-10-7-8-18(5-2,6-3)9-11-19/h12H,4-11H2,1-3H3,(H,21,22). The van der Waals surface area contributed by atoms with E-state index in [0.29, 0.717) is 30.7 Å². The molecule has 1 aromatic rings. The summed E-state index contributed by atoms with van der Waals surface area (Å²) in [5.74, 6) is -0.710. The topological polar surface area (TPSA) is 70.8 Å². The van der Waals surface area contributed by atoms with Crippen LogP contribution in [0.25, 0.3) is 0 Å². The van der Waals surface area contributed by atoms with Crippen LogP contribution in [0.1, 0.15) is 79.5 Å². The van der Waals surface area contributed by atoms with Crippen LogP contribution >= 0.6 is 0 Å². The fourth-order valence-electron chi connectivity index (χ4n) is 3.55. The molecule has 0 radical (unpaired) electrons. The first-order valence-corrected chi connectivity index (χ1v) is 8.61. The highest BCUT2D eigenvalue weighted by Crippen LogP contribution is 2.38. The lowest BCUT2D eigenvalue weighted by Gasteiger charge is -2.30. The lowest BCUT2D eigenvalue weighted by Crippen LogP contribution is -2.32. The van der Waals surface area contributed by atoms with Gasteiger partial charge in [-0.05, 0) is 24.7 Å². The van der Waals surface area contributed by atoms with E-state index in [0.717, 1.165) is 32.1 Å². The number of likely N-dealkylation sites (tertiary alicyclic amines) is 1. The molecule has 1 aromatic heterocycles. The summed E-state index contributed by atoms with van der Waals surface area (Å²) in [5, 5.41) is 9.19. The van der Waals surface area contributed by atoms with Gasteiger partial charge in [0, 0.05) is 25.6 Å². The van der Waals surface area contributed by atoms with Crippen LogP contribution in [-0.4, -0.2) is 35.0 Å². The van der Waals surface area contributed by atoms with Gasteiger partial charge in [-0.15, -0.1) is 0 Å². The van der Waals surface area contributed by atoms with Crippen LogP contribution in [0.3, 0.4) is 0 Å². The number of nitrogens with zero attached hydrogens (tertiary/aromatic N) is 1. The van der Waals surface area contributed by atoms with Gasteiger partial charge in [-0.1, -0.05) is 33.6 Å². The molecule has 0 bridgehead atoms. The molecule has 1 saturated heterocycles. The molecule has 0 unspecified atom stereocenters. The molecule has 0 atom stereocenters. The Balaban J connectivity index is 2.16. The average Bonchev–Trinajstić information content (AvgIpc) is 2.88. The average molecular weight is 321 g/mol. The molecule has 1 fully saturated rings.